The van der Waals surface area contributed by atoms with E-state index in [0.29, 0.717) is 6.54 Å². The Morgan fingerprint density at radius 2 is 1.77 bits per heavy atom. The van der Waals surface area contributed by atoms with Gasteiger partial charge in [0.25, 0.3) is 0 Å². The Kier molecular flexibility index (Phi) is 7.52. The molecule has 1 aliphatic heterocycles. The molecule has 5 heteroatoms. The van der Waals surface area contributed by atoms with E-state index in [1.54, 1.807) is 11.3 Å². The first-order valence-electron chi connectivity index (χ1n) is 9.67. The van der Waals surface area contributed by atoms with Crippen molar-refractivity contribution in [3.8, 4) is 0 Å². The van der Waals surface area contributed by atoms with Crippen molar-refractivity contribution in [1.82, 2.24) is 15.5 Å². The molecule has 0 radical (unpaired) electrons. The predicted octanol–water partition coefficient (Wildman–Crippen LogP) is 3.99. The predicted molar refractivity (Wildman–Crippen MR) is 112 cm³/mol. The molecule has 0 atom stereocenters. The van der Waals surface area contributed by atoms with Gasteiger partial charge in [-0.05, 0) is 66.4 Å². The summed E-state index contributed by atoms with van der Waals surface area (Å²) in [5.74, 6) is 0.871. The minimum absolute atomic E-state index is 0.716. The van der Waals surface area contributed by atoms with Gasteiger partial charge in [-0.2, -0.15) is 11.3 Å². The van der Waals surface area contributed by atoms with Crippen molar-refractivity contribution < 1.29 is 0 Å². The largest absolute Gasteiger partial charge is 0.357 e. The fourth-order valence-corrected chi connectivity index (χ4v) is 3.88. The molecule has 2 aromatic rings. The van der Waals surface area contributed by atoms with E-state index in [-0.39, 0.29) is 0 Å². The highest BCUT2D eigenvalue weighted by atomic mass is 32.1. The van der Waals surface area contributed by atoms with E-state index in [9.17, 15) is 0 Å². The first-order valence-corrected chi connectivity index (χ1v) is 10.6. The zero-order valence-corrected chi connectivity index (χ0v) is 16.5. The molecule has 1 aromatic carbocycles. The Morgan fingerprint density at radius 3 is 2.46 bits per heavy atom. The average molecular weight is 371 g/mol. The molecule has 2 N–H and O–H groups in total. The molecule has 26 heavy (non-hydrogen) atoms. The Hall–Kier alpha value is -1.85. The van der Waals surface area contributed by atoms with Crippen LogP contribution in [0.1, 0.15) is 42.9 Å². The Balaban J connectivity index is 1.49. The minimum Gasteiger partial charge on any atom is -0.357 e. The summed E-state index contributed by atoms with van der Waals surface area (Å²) in [6.45, 7) is 8.04. The van der Waals surface area contributed by atoms with Gasteiger partial charge in [-0.1, -0.05) is 30.7 Å². The van der Waals surface area contributed by atoms with Crippen LogP contribution in [-0.2, 0) is 19.6 Å². The summed E-state index contributed by atoms with van der Waals surface area (Å²) in [7, 11) is 0. The third-order valence-corrected chi connectivity index (χ3v) is 5.41. The summed E-state index contributed by atoms with van der Waals surface area (Å²) in [4.78, 5) is 7.23. The van der Waals surface area contributed by atoms with Gasteiger partial charge in [0.1, 0.15) is 0 Å². The molecule has 0 unspecified atom stereocenters. The average Bonchev–Trinajstić information content (AvgIpc) is 3.20. The third-order valence-electron chi connectivity index (χ3n) is 4.68. The van der Waals surface area contributed by atoms with Gasteiger partial charge >= 0.3 is 0 Å². The summed E-state index contributed by atoms with van der Waals surface area (Å²) in [6, 6.07) is 11.1. The number of nitrogens with one attached hydrogen (secondary N) is 2. The molecular weight excluding hydrogens is 340 g/mol. The molecule has 1 fully saturated rings. The van der Waals surface area contributed by atoms with Crippen LogP contribution >= 0.6 is 11.3 Å². The number of hydrogen-bond acceptors (Lipinski definition) is 3. The van der Waals surface area contributed by atoms with Gasteiger partial charge in [0.15, 0.2) is 5.96 Å². The maximum atomic E-state index is 4.66. The number of aliphatic imine (C=N–C) groups is 1. The highest BCUT2D eigenvalue weighted by Gasteiger charge is 2.10. The molecule has 1 aromatic heterocycles. The van der Waals surface area contributed by atoms with Crippen LogP contribution in [-0.4, -0.2) is 30.5 Å². The SMILES string of the molecule is CCNC(=NCc1ccsc1)NCc1ccc(CN2CCCCC2)cc1. The summed E-state index contributed by atoms with van der Waals surface area (Å²) < 4.78 is 0. The summed E-state index contributed by atoms with van der Waals surface area (Å²) in [5.41, 5.74) is 3.96. The number of benzene rings is 1. The maximum absolute atomic E-state index is 4.66. The van der Waals surface area contributed by atoms with E-state index in [1.165, 1.54) is 49.0 Å². The van der Waals surface area contributed by atoms with Crippen LogP contribution in [0, 0.1) is 0 Å². The molecule has 1 saturated heterocycles. The van der Waals surface area contributed by atoms with E-state index >= 15 is 0 Å². The second-order valence-electron chi connectivity index (χ2n) is 6.83. The molecule has 2 heterocycles. The van der Waals surface area contributed by atoms with Crippen LogP contribution < -0.4 is 10.6 Å². The second kappa shape index (κ2) is 10.3. The zero-order valence-electron chi connectivity index (χ0n) is 15.7. The van der Waals surface area contributed by atoms with Crippen molar-refractivity contribution in [2.45, 2.75) is 45.8 Å². The number of likely N-dealkylation sites (tertiary alicyclic amines) is 1. The van der Waals surface area contributed by atoms with Crippen LogP contribution in [0.4, 0.5) is 0 Å². The van der Waals surface area contributed by atoms with Gasteiger partial charge in [-0.15, -0.1) is 0 Å². The van der Waals surface area contributed by atoms with Gasteiger partial charge in [-0.25, -0.2) is 4.99 Å². The topological polar surface area (TPSA) is 39.7 Å². The fraction of sp³-hybridized carbons (Fsp3) is 0.476. The highest BCUT2D eigenvalue weighted by molar-refractivity contribution is 7.07. The Bertz CT molecular complexity index is 658. The third kappa shape index (κ3) is 6.15. The molecule has 4 nitrogen and oxygen atoms in total. The molecule has 0 spiro atoms. The van der Waals surface area contributed by atoms with Crippen molar-refractivity contribution in [1.29, 1.82) is 0 Å². The van der Waals surface area contributed by atoms with Gasteiger partial charge in [0.2, 0.25) is 0 Å². The van der Waals surface area contributed by atoms with Crippen LogP contribution in [0.3, 0.4) is 0 Å². The first-order chi connectivity index (χ1) is 12.8. The summed E-state index contributed by atoms with van der Waals surface area (Å²) in [5, 5.41) is 11.0. The van der Waals surface area contributed by atoms with Crippen LogP contribution in [0.2, 0.25) is 0 Å². The Labute approximate surface area is 161 Å². The summed E-state index contributed by atoms with van der Waals surface area (Å²) >= 11 is 1.71. The van der Waals surface area contributed by atoms with Crippen molar-refractivity contribution in [3.05, 3.63) is 57.8 Å². The first kappa shape index (κ1) is 18.9. The molecular formula is C21H30N4S. The van der Waals surface area contributed by atoms with Crippen molar-refractivity contribution in [2.75, 3.05) is 19.6 Å². The Morgan fingerprint density at radius 1 is 1.00 bits per heavy atom. The number of guanidine groups is 1. The van der Waals surface area contributed by atoms with Gasteiger partial charge in [-0.3, -0.25) is 4.90 Å². The quantitative estimate of drug-likeness (QED) is 0.572. The number of hydrogen-bond donors (Lipinski definition) is 2. The van der Waals surface area contributed by atoms with Gasteiger partial charge < -0.3 is 10.6 Å². The van der Waals surface area contributed by atoms with E-state index < -0.39 is 0 Å². The molecule has 0 aliphatic carbocycles. The highest BCUT2D eigenvalue weighted by Crippen LogP contribution is 2.13. The fourth-order valence-electron chi connectivity index (χ4n) is 3.22. The smallest absolute Gasteiger partial charge is 0.191 e. The zero-order chi connectivity index (χ0) is 18.0. The normalized spacial score (nSPS) is 15.8. The number of piperidine rings is 1. The number of nitrogens with zero attached hydrogens (tertiary/aromatic N) is 2. The summed E-state index contributed by atoms with van der Waals surface area (Å²) in [6.07, 6.45) is 4.09. The van der Waals surface area contributed by atoms with Crippen molar-refractivity contribution in [3.63, 3.8) is 0 Å². The van der Waals surface area contributed by atoms with Gasteiger partial charge in [0.05, 0.1) is 6.54 Å². The maximum Gasteiger partial charge on any atom is 0.191 e. The molecule has 0 saturated carbocycles. The van der Waals surface area contributed by atoms with Crippen LogP contribution in [0.25, 0.3) is 0 Å². The van der Waals surface area contributed by atoms with Crippen LogP contribution in [0.15, 0.2) is 46.1 Å². The van der Waals surface area contributed by atoms with Crippen LogP contribution in [0.5, 0.6) is 0 Å². The standard InChI is InChI=1S/C21H30N4S/c1-2-22-21(24-15-20-10-13-26-17-20)23-14-18-6-8-19(9-7-18)16-25-11-4-3-5-12-25/h6-10,13,17H,2-5,11-12,14-16H2,1H3,(H2,22,23,24). The lowest BCUT2D eigenvalue weighted by atomic mass is 10.1. The van der Waals surface area contributed by atoms with Gasteiger partial charge in [0, 0.05) is 19.6 Å². The lowest BCUT2D eigenvalue weighted by molar-refractivity contribution is 0.221. The van der Waals surface area contributed by atoms with E-state index in [4.69, 9.17) is 0 Å². The van der Waals surface area contributed by atoms with Crippen molar-refractivity contribution >= 4 is 17.3 Å². The monoisotopic (exact) mass is 370 g/mol. The molecule has 1 aliphatic rings. The van der Waals surface area contributed by atoms with Crippen molar-refractivity contribution in [2.24, 2.45) is 4.99 Å². The van der Waals surface area contributed by atoms with E-state index in [2.05, 4.69) is 68.5 Å². The van der Waals surface area contributed by atoms with E-state index in [1.807, 2.05) is 0 Å². The molecule has 0 amide bonds. The molecule has 0 bridgehead atoms. The lowest BCUT2D eigenvalue weighted by Crippen LogP contribution is -2.36. The number of rotatable bonds is 7. The molecule has 140 valence electrons. The van der Waals surface area contributed by atoms with E-state index in [0.717, 1.165) is 25.6 Å². The lowest BCUT2D eigenvalue weighted by Gasteiger charge is -2.26. The molecule has 3 rings (SSSR count). The second-order valence-corrected chi connectivity index (χ2v) is 7.61. The minimum atomic E-state index is 0.716. The number of thiophene rings is 1.